The van der Waals surface area contributed by atoms with Crippen molar-refractivity contribution >= 4 is 0 Å². The smallest absolute Gasteiger partial charge is 0.230 e. The predicted octanol–water partition coefficient (Wildman–Crippen LogP) is 0.917. The zero-order chi connectivity index (χ0) is 6.85. The number of aromatic nitrogens is 2. The van der Waals surface area contributed by atoms with E-state index in [2.05, 4.69) is 5.10 Å². The molecule has 0 aliphatic heterocycles. The van der Waals surface area contributed by atoms with Gasteiger partial charge in [-0.2, -0.15) is 0 Å². The number of aryl methyl sites for hydroxylation is 2. The van der Waals surface area contributed by atoms with Crippen molar-refractivity contribution in [3.63, 3.8) is 0 Å². The first-order valence-electron chi connectivity index (χ1n) is 2.97. The van der Waals surface area contributed by atoms with E-state index >= 15 is 0 Å². The van der Waals surface area contributed by atoms with Gasteiger partial charge < -0.3 is 5.11 Å². The molecular weight excluding hydrogens is 116 g/mol. The number of hydrogen-bond donors (Lipinski definition) is 1. The van der Waals surface area contributed by atoms with Crippen molar-refractivity contribution in [2.75, 3.05) is 0 Å². The Morgan fingerprint density at radius 2 is 2.44 bits per heavy atom. The van der Waals surface area contributed by atoms with Crippen LogP contribution in [0.4, 0.5) is 0 Å². The molecule has 0 atom stereocenters. The van der Waals surface area contributed by atoms with Gasteiger partial charge >= 0.3 is 0 Å². The standard InChI is InChI=1S/C6H10N2O/c1-3-8-5(2)4-6(9)7-8/h4H,3H2,1-2H3,(H,7,9). The average molecular weight is 126 g/mol. The van der Waals surface area contributed by atoms with Crippen LogP contribution in [0.1, 0.15) is 12.6 Å². The topological polar surface area (TPSA) is 38.0 Å². The molecule has 3 heteroatoms. The monoisotopic (exact) mass is 126 g/mol. The molecule has 1 heterocycles. The van der Waals surface area contributed by atoms with Crippen molar-refractivity contribution in [2.24, 2.45) is 0 Å². The maximum Gasteiger partial charge on any atom is 0.230 e. The SMILES string of the molecule is CCn1nc(O)cc1C. The van der Waals surface area contributed by atoms with Crippen molar-refractivity contribution in [1.29, 1.82) is 0 Å². The van der Waals surface area contributed by atoms with Crippen molar-refractivity contribution in [3.05, 3.63) is 11.8 Å². The second-order valence-corrected chi connectivity index (χ2v) is 1.96. The van der Waals surface area contributed by atoms with Crippen molar-refractivity contribution in [2.45, 2.75) is 20.4 Å². The molecule has 0 aromatic carbocycles. The summed E-state index contributed by atoms with van der Waals surface area (Å²) < 4.78 is 1.75. The molecule has 0 amide bonds. The van der Waals surface area contributed by atoms with Gasteiger partial charge in [-0.25, -0.2) is 0 Å². The first-order chi connectivity index (χ1) is 4.24. The normalized spacial score (nSPS) is 10.0. The third-order valence-corrected chi connectivity index (χ3v) is 1.27. The number of hydrogen-bond acceptors (Lipinski definition) is 2. The molecule has 0 aliphatic carbocycles. The summed E-state index contributed by atoms with van der Waals surface area (Å²) in [6.07, 6.45) is 0. The third kappa shape index (κ3) is 1.04. The van der Waals surface area contributed by atoms with Crippen LogP contribution >= 0.6 is 0 Å². The highest BCUT2D eigenvalue weighted by atomic mass is 16.3. The molecule has 0 aliphatic rings. The Balaban J connectivity index is 3.01. The minimum Gasteiger partial charge on any atom is -0.492 e. The van der Waals surface area contributed by atoms with Crippen LogP contribution in [0.25, 0.3) is 0 Å². The highest BCUT2D eigenvalue weighted by Gasteiger charge is 1.97. The predicted molar refractivity (Wildman–Crippen MR) is 34.3 cm³/mol. The van der Waals surface area contributed by atoms with Gasteiger partial charge in [0.15, 0.2) is 0 Å². The zero-order valence-corrected chi connectivity index (χ0v) is 5.63. The Morgan fingerprint density at radius 1 is 1.78 bits per heavy atom. The molecule has 50 valence electrons. The molecule has 0 fully saturated rings. The largest absolute Gasteiger partial charge is 0.492 e. The molecule has 0 saturated heterocycles. The van der Waals surface area contributed by atoms with Gasteiger partial charge in [0.2, 0.25) is 5.88 Å². The van der Waals surface area contributed by atoms with Crippen LogP contribution in [0.2, 0.25) is 0 Å². The summed E-state index contributed by atoms with van der Waals surface area (Å²) in [4.78, 5) is 0. The van der Waals surface area contributed by atoms with Crippen LogP contribution in [0.3, 0.4) is 0 Å². The van der Waals surface area contributed by atoms with E-state index in [1.165, 1.54) is 0 Å². The Morgan fingerprint density at radius 3 is 2.67 bits per heavy atom. The zero-order valence-electron chi connectivity index (χ0n) is 5.63. The fourth-order valence-electron chi connectivity index (χ4n) is 0.813. The van der Waals surface area contributed by atoms with Gasteiger partial charge in [-0.15, -0.1) is 5.10 Å². The summed E-state index contributed by atoms with van der Waals surface area (Å²) in [6.45, 7) is 4.71. The third-order valence-electron chi connectivity index (χ3n) is 1.27. The molecule has 1 aromatic heterocycles. The summed E-state index contributed by atoms with van der Waals surface area (Å²) >= 11 is 0. The second-order valence-electron chi connectivity index (χ2n) is 1.96. The van der Waals surface area contributed by atoms with Crippen LogP contribution in [0.15, 0.2) is 6.07 Å². The van der Waals surface area contributed by atoms with Crippen molar-refractivity contribution < 1.29 is 5.11 Å². The first-order valence-corrected chi connectivity index (χ1v) is 2.97. The number of aromatic hydroxyl groups is 1. The van der Waals surface area contributed by atoms with Gasteiger partial charge in [-0.05, 0) is 13.8 Å². The van der Waals surface area contributed by atoms with E-state index in [1.54, 1.807) is 10.7 Å². The Labute approximate surface area is 53.9 Å². The molecule has 1 rings (SSSR count). The van der Waals surface area contributed by atoms with E-state index in [4.69, 9.17) is 5.11 Å². The lowest BCUT2D eigenvalue weighted by molar-refractivity contribution is 0.439. The van der Waals surface area contributed by atoms with Gasteiger partial charge in [0, 0.05) is 18.3 Å². The van der Waals surface area contributed by atoms with Crippen LogP contribution in [-0.4, -0.2) is 14.9 Å². The van der Waals surface area contributed by atoms with E-state index in [-0.39, 0.29) is 5.88 Å². The van der Waals surface area contributed by atoms with E-state index < -0.39 is 0 Å². The molecule has 1 N–H and O–H groups in total. The Bertz CT molecular complexity index is 205. The van der Waals surface area contributed by atoms with E-state index in [9.17, 15) is 0 Å². The minimum absolute atomic E-state index is 0.106. The fourth-order valence-corrected chi connectivity index (χ4v) is 0.813. The second kappa shape index (κ2) is 2.09. The van der Waals surface area contributed by atoms with Gasteiger partial charge in [0.1, 0.15) is 0 Å². The molecule has 0 spiro atoms. The molecule has 9 heavy (non-hydrogen) atoms. The lowest BCUT2D eigenvalue weighted by atomic mass is 10.5. The number of nitrogens with zero attached hydrogens (tertiary/aromatic N) is 2. The Kier molecular flexibility index (Phi) is 1.42. The highest BCUT2D eigenvalue weighted by Crippen LogP contribution is 2.07. The molecule has 0 saturated carbocycles. The maximum absolute atomic E-state index is 8.83. The van der Waals surface area contributed by atoms with Crippen LogP contribution in [0.5, 0.6) is 5.88 Å². The molecule has 1 aromatic rings. The average Bonchev–Trinajstić information content (AvgIpc) is 2.10. The summed E-state index contributed by atoms with van der Waals surface area (Å²) in [6, 6.07) is 1.64. The van der Waals surface area contributed by atoms with Crippen LogP contribution < -0.4 is 0 Å². The lowest BCUT2D eigenvalue weighted by Gasteiger charge is -1.94. The summed E-state index contributed by atoms with van der Waals surface area (Å²) in [5.41, 5.74) is 0.995. The van der Waals surface area contributed by atoms with E-state index in [0.717, 1.165) is 12.2 Å². The van der Waals surface area contributed by atoms with Crippen LogP contribution in [-0.2, 0) is 6.54 Å². The molecule has 3 nitrogen and oxygen atoms in total. The first kappa shape index (κ1) is 6.13. The van der Waals surface area contributed by atoms with E-state index in [0.29, 0.717) is 0 Å². The highest BCUT2D eigenvalue weighted by molar-refractivity contribution is 5.11. The van der Waals surface area contributed by atoms with Gasteiger partial charge in [0.05, 0.1) is 0 Å². The lowest BCUT2D eigenvalue weighted by Crippen LogP contribution is -1.97. The summed E-state index contributed by atoms with van der Waals surface area (Å²) in [5.74, 6) is 0.106. The quantitative estimate of drug-likeness (QED) is 0.607. The van der Waals surface area contributed by atoms with Crippen molar-refractivity contribution in [3.8, 4) is 5.88 Å². The molecular formula is C6H10N2O. The van der Waals surface area contributed by atoms with Crippen LogP contribution in [0, 0.1) is 6.92 Å². The molecule has 0 radical (unpaired) electrons. The van der Waals surface area contributed by atoms with Gasteiger partial charge in [-0.3, -0.25) is 4.68 Å². The van der Waals surface area contributed by atoms with Gasteiger partial charge in [0.25, 0.3) is 0 Å². The van der Waals surface area contributed by atoms with Gasteiger partial charge in [-0.1, -0.05) is 0 Å². The fraction of sp³-hybridized carbons (Fsp3) is 0.500. The maximum atomic E-state index is 8.83. The van der Waals surface area contributed by atoms with Crippen molar-refractivity contribution in [1.82, 2.24) is 9.78 Å². The van der Waals surface area contributed by atoms with E-state index in [1.807, 2.05) is 13.8 Å². The number of rotatable bonds is 1. The summed E-state index contributed by atoms with van der Waals surface area (Å²) in [5, 5.41) is 12.6. The minimum atomic E-state index is 0.106. The molecule has 0 unspecified atom stereocenters. The summed E-state index contributed by atoms with van der Waals surface area (Å²) in [7, 11) is 0. The Hall–Kier alpha value is -0.990. The molecule has 0 bridgehead atoms.